The van der Waals surface area contributed by atoms with Crippen LogP contribution in [0.15, 0.2) is 30.4 Å². The predicted molar refractivity (Wildman–Crippen MR) is 123 cm³/mol. The molecular weight excluding hydrogens is 360 g/mol. The van der Waals surface area contributed by atoms with E-state index < -0.39 is 0 Å². The molecule has 0 unspecified atom stereocenters. The van der Waals surface area contributed by atoms with Crippen molar-refractivity contribution in [2.45, 2.75) is 96.8 Å². The van der Waals surface area contributed by atoms with E-state index >= 15 is 0 Å². The van der Waals surface area contributed by atoms with Gasteiger partial charge in [-0.15, -0.1) is 0 Å². The van der Waals surface area contributed by atoms with Gasteiger partial charge in [0.15, 0.2) is 0 Å². The molecule has 1 aromatic carbocycles. The van der Waals surface area contributed by atoms with Crippen LogP contribution in [0.3, 0.4) is 0 Å². The highest BCUT2D eigenvalue weighted by atomic mass is 16.5. The Morgan fingerprint density at radius 2 is 1.41 bits per heavy atom. The molecule has 0 saturated carbocycles. The zero-order chi connectivity index (χ0) is 21.2. The van der Waals surface area contributed by atoms with E-state index in [-0.39, 0.29) is 5.97 Å². The molecule has 0 atom stereocenters. The van der Waals surface area contributed by atoms with Crippen molar-refractivity contribution in [3.8, 4) is 5.75 Å². The molecular formula is C26H42O3. The number of aryl methyl sites for hydroxylation is 1. The summed E-state index contributed by atoms with van der Waals surface area (Å²) in [6.45, 7) is 2.25. The van der Waals surface area contributed by atoms with Gasteiger partial charge in [-0.1, -0.05) is 89.0 Å². The van der Waals surface area contributed by atoms with Crippen LogP contribution in [0.25, 0.3) is 0 Å². The van der Waals surface area contributed by atoms with Crippen LogP contribution >= 0.6 is 0 Å². The van der Waals surface area contributed by atoms with Crippen LogP contribution in [0.5, 0.6) is 5.75 Å². The van der Waals surface area contributed by atoms with Crippen molar-refractivity contribution in [1.82, 2.24) is 0 Å². The summed E-state index contributed by atoms with van der Waals surface area (Å²) in [5.74, 6) is 0.291. The molecule has 0 aliphatic heterocycles. The summed E-state index contributed by atoms with van der Waals surface area (Å²) in [7, 11) is 3.01. The summed E-state index contributed by atoms with van der Waals surface area (Å²) in [6.07, 6.45) is 22.4. The molecule has 0 fully saturated rings. The number of carbonyl (C=O) groups is 1. The lowest BCUT2D eigenvalue weighted by molar-refractivity contribution is 0.0595. The Bertz CT molecular complexity index is 577. The second kappa shape index (κ2) is 17.1. The second-order valence-electron chi connectivity index (χ2n) is 7.82. The first-order chi connectivity index (χ1) is 14.2. The predicted octanol–water partition coefficient (Wildman–Crippen LogP) is 7.67. The minimum Gasteiger partial charge on any atom is -0.496 e. The molecule has 3 heteroatoms. The quantitative estimate of drug-likeness (QED) is 0.152. The fourth-order valence-corrected chi connectivity index (χ4v) is 3.66. The number of hydrogen-bond acceptors (Lipinski definition) is 3. The van der Waals surface area contributed by atoms with Gasteiger partial charge < -0.3 is 9.47 Å². The molecule has 0 aliphatic carbocycles. The molecule has 0 aliphatic rings. The summed E-state index contributed by atoms with van der Waals surface area (Å²) in [5, 5.41) is 0. The summed E-state index contributed by atoms with van der Waals surface area (Å²) in [5.41, 5.74) is 1.61. The molecule has 29 heavy (non-hydrogen) atoms. The molecule has 0 radical (unpaired) electrons. The highest BCUT2D eigenvalue weighted by Gasteiger charge is 2.17. The van der Waals surface area contributed by atoms with Crippen molar-refractivity contribution in [3.63, 3.8) is 0 Å². The topological polar surface area (TPSA) is 35.5 Å². The molecule has 0 N–H and O–H groups in total. The van der Waals surface area contributed by atoms with Crippen LogP contribution in [-0.4, -0.2) is 20.2 Å². The van der Waals surface area contributed by atoms with Crippen LogP contribution in [0.4, 0.5) is 0 Å². The summed E-state index contributed by atoms with van der Waals surface area (Å²) >= 11 is 0. The normalized spacial score (nSPS) is 11.1. The minimum absolute atomic E-state index is 0.311. The average Bonchev–Trinajstić information content (AvgIpc) is 2.75. The third kappa shape index (κ3) is 11.1. The largest absolute Gasteiger partial charge is 0.496 e. The van der Waals surface area contributed by atoms with Gasteiger partial charge >= 0.3 is 5.97 Å². The summed E-state index contributed by atoms with van der Waals surface area (Å²) in [4.78, 5) is 12.1. The maximum Gasteiger partial charge on any atom is 0.341 e. The van der Waals surface area contributed by atoms with Gasteiger partial charge in [-0.2, -0.15) is 0 Å². The van der Waals surface area contributed by atoms with Gasteiger partial charge in [0, 0.05) is 0 Å². The van der Waals surface area contributed by atoms with Crippen molar-refractivity contribution in [2.24, 2.45) is 0 Å². The number of hydrogen-bond donors (Lipinski definition) is 0. The van der Waals surface area contributed by atoms with Gasteiger partial charge in [0.1, 0.15) is 11.3 Å². The number of methoxy groups -OCH3 is 2. The number of benzene rings is 1. The average molecular weight is 403 g/mol. The molecule has 0 aromatic heterocycles. The van der Waals surface area contributed by atoms with Gasteiger partial charge in [-0.3, -0.25) is 0 Å². The van der Waals surface area contributed by atoms with Crippen LogP contribution < -0.4 is 4.74 Å². The third-order valence-electron chi connectivity index (χ3n) is 5.43. The summed E-state index contributed by atoms with van der Waals surface area (Å²) in [6, 6.07) is 5.77. The molecule has 0 bridgehead atoms. The monoisotopic (exact) mass is 402 g/mol. The fraction of sp³-hybridized carbons (Fsp3) is 0.654. The minimum atomic E-state index is -0.311. The number of ether oxygens (including phenoxy) is 2. The smallest absolute Gasteiger partial charge is 0.341 e. The van der Waals surface area contributed by atoms with E-state index in [0.717, 1.165) is 18.4 Å². The Morgan fingerprint density at radius 3 is 2.00 bits per heavy atom. The molecule has 0 spiro atoms. The Balaban J connectivity index is 2.08. The highest BCUT2D eigenvalue weighted by Crippen LogP contribution is 2.25. The van der Waals surface area contributed by atoms with Crippen molar-refractivity contribution in [2.75, 3.05) is 14.2 Å². The van der Waals surface area contributed by atoms with Gasteiger partial charge in [0.2, 0.25) is 0 Å². The summed E-state index contributed by atoms with van der Waals surface area (Å²) < 4.78 is 10.3. The standard InChI is InChI=1S/C26H42O3/c1-4-5-6-7-8-9-10-11-12-13-14-15-16-17-18-20-23-21-19-22-24(28-2)25(23)26(27)29-3/h7-8,19,21-22H,4-6,9-18,20H2,1-3H3/b8-7+. The number of unbranched alkanes of at least 4 members (excludes halogenated alkanes) is 11. The maximum absolute atomic E-state index is 12.1. The zero-order valence-corrected chi connectivity index (χ0v) is 19.0. The van der Waals surface area contributed by atoms with Crippen LogP contribution in [-0.2, 0) is 11.2 Å². The fourth-order valence-electron chi connectivity index (χ4n) is 3.66. The van der Waals surface area contributed by atoms with E-state index in [2.05, 4.69) is 19.1 Å². The van der Waals surface area contributed by atoms with E-state index in [1.807, 2.05) is 18.2 Å². The number of carbonyl (C=O) groups excluding carboxylic acids is 1. The molecule has 3 nitrogen and oxygen atoms in total. The lowest BCUT2D eigenvalue weighted by Crippen LogP contribution is -2.08. The number of esters is 1. The Morgan fingerprint density at radius 1 is 0.828 bits per heavy atom. The first-order valence-corrected chi connectivity index (χ1v) is 11.6. The van der Waals surface area contributed by atoms with Crippen LogP contribution in [0.2, 0.25) is 0 Å². The van der Waals surface area contributed by atoms with Crippen LogP contribution in [0, 0.1) is 0 Å². The first-order valence-electron chi connectivity index (χ1n) is 11.6. The van der Waals surface area contributed by atoms with E-state index in [9.17, 15) is 4.79 Å². The molecule has 0 saturated heterocycles. The SMILES string of the molecule is CCCC/C=C/CCCCCCCCCCCc1cccc(OC)c1C(=O)OC. The molecule has 0 heterocycles. The van der Waals surface area contributed by atoms with Gasteiger partial charge in [-0.05, 0) is 43.7 Å². The first kappa shape index (κ1) is 25.3. The zero-order valence-electron chi connectivity index (χ0n) is 19.0. The van der Waals surface area contributed by atoms with Crippen molar-refractivity contribution in [3.05, 3.63) is 41.5 Å². The van der Waals surface area contributed by atoms with Gasteiger partial charge in [-0.25, -0.2) is 4.79 Å². The van der Waals surface area contributed by atoms with E-state index in [0.29, 0.717) is 11.3 Å². The number of allylic oxidation sites excluding steroid dienone is 2. The molecule has 1 rings (SSSR count). The van der Waals surface area contributed by atoms with E-state index in [1.54, 1.807) is 7.11 Å². The Hall–Kier alpha value is -1.77. The lowest BCUT2D eigenvalue weighted by atomic mass is 9.99. The third-order valence-corrected chi connectivity index (χ3v) is 5.43. The molecule has 0 amide bonds. The van der Waals surface area contributed by atoms with E-state index in [1.165, 1.54) is 84.2 Å². The maximum atomic E-state index is 12.1. The Labute approximate surface area is 178 Å². The van der Waals surface area contributed by atoms with Gasteiger partial charge in [0.05, 0.1) is 14.2 Å². The molecule has 1 aromatic rings. The van der Waals surface area contributed by atoms with Crippen LogP contribution in [0.1, 0.15) is 106 Å². The lowest BCUT2D eigenvalue weighted by Gasteiger charge is -2.12. The van der Waals surface area contributed by atoms with Crippen molar-refractivity contribution < 1.29 is 14.3 Å². The van der Waals surface area contributed by atoms with Crippen molar-refractivity contribution >= 4 is 5.97 Å². The van der Waals surface area contributed by atoms with Gasteiger partial charge in [0.25, 0.3) is 0 Å². The highest BCUT2D eigenvalue weighted by molar-refractivity contribution is 5.94. The second-order valence-corrected chi connectivity index (χ2v) is 7.82. The molecule has 164 valence electrons. The van der Waals surface area contributed by atoms with Crippen molar-refractivity contribution in [1.29, 1.82) is 0 Å². The number of rotatable bonds is 17. The van der Waals surface area contributed by atoms with E-state index in [4.69, 9.17) is 9.47 Å². The Kier molecular flexibility index (Phi) is 14.9.